The van der Waals surface area contributed by atoms with Crippen LogP contribution >= 0.6 is 27.5 Å². The molecule has 10 heteroatoms. The maximum atomic E-state index is 14.0. The molecule has 2 rings (SSSR count). The van der Waals surface area contributed by atoms with Gasteiger partial charge in [-0.3, -0.25) is 0 Å². The number of nitrogens with two attached hydrogens (primary N) is 1. The number of hydrogen-bond acceptors (Lipinski definition) is 5. The fourth-order valence-corrected chi connectivity index (χ4v) is 3.15. The molecule has 2 aromatic rings. The van der Waals surface area contributed by atoms with E-state index in [1.54, 1.807) is 12.1 Å². The van der Waals surface area contributed by atoms with Crippen LogP contribution in [-0.2, 0) is 16.6 Å². The lowest BCUT2D eigenvalue weighted by Crippen LogP contribution is -2.25. The molecule has 0 atom stereocenters. The predicted octanol–water partition coefficient (Wildman–Crippen LogP) is 2.09. The highest BCUT2D eigenvalue weighted by molar-refractivity contribution is 9.10. The van der Waals surface area contributed by atoms with Crippen LogP contribution in [0.5, 0.6) is 0 Å². The number of rotatable bonds is 4. The number of nitrogen functional groups attached to an aromatic ring is 1. The van der Waals surface area contributed by atoms with Crippen LogP contribution in [-0.4, -0.2) is 18.6 Å². The Morgan fingerprint density at radius 1 is 1.48 bits per heavy atom. The number of nitrogens with zero attached hydrogens (tertiary/aromatic N) is 2. The maximum absolute atomic E-state index is 14.0. The molecule has 1 heterocycles. The summed E-state index contributed by atoms with van der Waals surface area (Å²) in [5.74, 6) is -1.07. The normalized spacial score (nSPS) is 11.6. The van der Waals surface area contributed by atoms with Crippen LogP contribution < -0.4 is 10.5 Å². The fraction of sp³-hybridized carbons (Fsp3) is 0.0909. The molecule has 3 N–H and O–H groups in total. The molecular weight excluding hydrogens is 387 g/mol. The van der Waals surface area contributed by atoms with Gasteiger partial charge in [0.15, 0.2) is 5.82 Å². The number of hydrogen-bond donors (Lipinski definition) is 2. The molecule has 0 fully saturated rings. The van der Waals surface area contributed by atoms with E-state index in [4.69, 9.17) is 17.3 Å². The summed E-state index contributed by atoms with van der Waals surface area (Å²) < 4.78 is 40.5. The minimum atomic E-state index is -4.13. The fourth-order valence-electron chi connectivity index (χ4n) is 1.47. The van der Waals surface area contributed by atoms with Crippen molar-refractivity contribution in [1.82, 2.24) is 14.9 Å². The van der Waals surface area contributed by atoms with Crippen molar-refractivity contribution >= 4 is 43.2 Å². The standard InChI is InChI=1S/C11H9BrClFN4O2S/c12-9-7(13)4-8(10(14)11(9)15)21(19,20)17-5-6-2-1-3-16-18-6/h1-4,17H,5,15H2. The monoisotopic (exact) mass is 394 g/mol. The number of benzene rings is 1. The Hall–Kier alpha value is -1.29. The highest BCUT2D eigenvalue weighted by Crippen LogP contribution is 2.34. The molecule has 0 spiro atoms. The Morgan fingerprint density at radius 2 is 2.19 bits per heavy atom. The highest BCUT2D eigenvalue weighted by atomic mass is 79.9. The van der Waals surface area contributed by atoms with E-state index >= 15 is 0 Å². The topological polar surface area (TPSA) is 98.0 Å². The van der Waals surface area contributed by atoms with Crippen LogP contribution in [0.1, 0.15) is 5.69 Å². The second-order valence-electron chi connectivity index (χ2n) is 3.94. The Bertz CT molecular complexity index is 774. The Labute approximate surface area is 133 Å². The number of aromatic nitrogens is 2. The van der Waals surface area contributed by atoms with Gasteiger partial charge in [0.2, 0.25) is 10.0 Å². The molecule has 0 unspecified atom stereocenters. The van der Waals surface area contributed by atoms with Gasteiger partial charge in [-0.25, -0.2) is 17.5 Å². The van der Waals surface area contributed by atoms with Gasteiger partial charge in [0.1, 0.15) is 4.90 Å². The first kappa shape index (κ1) is 16.1. The third-order valence-electron chi connectivity index (χ3n) is 2.52. The van der Waals surface area contributed by atoms with Gasteiger partial charge >= 0.3 is 0 Å². The van der Waals surface area contributed by atoms with Gasteiger partial charge in [-0.05, 0) is 34.1 Å². The van der Waals surface area contributed by atoms with E-state index in [1.807, 2.05) is 0 Å². The van der Waals surface area contributed by atoms with Crippen molar-refractivity contribution in [2.45, 2.75) is 11.4 Å². The minimum Gasteiger partial charge on any atom is -0.395 e. The van der Waals surface area contributed by atoms with Crippen LogP contribution in [0, 0.1) is 5.82 Å². The molecule has 0 radical (unpaired) electrons. The van der Waals surface area contributed by atoms with Crippen LogP contribution in [0.15, 0.2) is 33.8 Å². The van der Waals surface area contributed by atoms with Crippen molar-refractivity contribution in [2.24, 2.45) is 0 Å². The summed E-state index contributed by atoms with van der Waals surface area (Å²) in [5, 5.41) is 7.32. The molecule has 0 amide bonds. The summed E-state index contributed by atoms with van der Waals surface area (Å²) >= 11 is 8.78. The van der Waals surface area contributed by atoms with Gasteiger partial charge < -0.3 is 5.73 Å². The molecule has 0 aliphatic heterocycles. The maximum Gasteiger partial charge on any atom is 0.243 e. The van der Waals surface area contributed by atoms with E-state index in [2.05, 4.69) is 30.8 Å². The van der Waals surface area contributed by atoms with Gasteiger partial charge in [-0.1, -0.05) is 11.6 Å². The number of sulfonamides is 1. The van der Waals surface area contributed by atoms with Crippen LogP contribution in [0.25, 0.3) is 0 Å². The Morgan fingerprint density at radius 3 is 2.81 bits per heavy atom. The quantitative estimate of drug-likeness (QED) is 0.610. The summed E-state index contributed by atoms with van der Waals surface area (Å²) in [4.78, 5) is -0.628. The first-order chi connectivity index (χ1) is 9.83. The van der Waals surface area contributed by atoms with E-state index in [9.17, 15) is 12.8 Å². The average Bonchev–Trinajstić information content (AvgIpc) is 2.48. The van der Waals surface area contributed by atoms with Crippen LogP contribution in [0.3, 0.4) is 0 Å². The van der Waals surface area contributed by atoms with E-state index in [0.717, 1.165) is 6.07 Å². The third kappa shape index (κ3) is 3.49. The van der Waals surface area contributed by atoms with E-state index in [0.29, 0.717) is 5.69 Å². The molecule has 0 aliphatic rings. The van der Waals surface area contributed by atoms with Crippen molar-refractivity contribution < 1.29 is 12.8 Å². The van der Waals surface area contributed by atoms with Crippen LogP contribution in [0.4, 0.5) is 10.1 Å². The third-order valence-corrected chi connectivity index (χ3v) is 5.30. The van der Waals surface area contributed by atoms with E-state index in [-0.39, 0.29) is 21.7 Å². The van der Waals surface area contributed by atoms with Gasteiger partial charge in [-0.2, -0.15) is 10.2 Å². The smallest absolute Gasteiger partial charge is 0.243 e. The van der Waals surface area contributed by atoms with Crippen LogP contribution in [0.2, 0.25) is 5.02 Å². The first-order valence-electron chi connectivity index (χ1n) is 5.52. The molecule has 1 aromatic carbocycles. The summed E-state index contributed by atoms with van der Waals surface area (Å²) in [5.41, 5.74) is 5.48. The average molecular weight is 396 g/mol. The lowest BCUT2D eigenvalue weighted by Gasteiger charge is -2.10. The summed E-state index contributed by atoms with van der Waals surface area (Å²) in [6.45, 7) is -0.136. The SMILES string of the molecule is Nc1c(F)c(S(=O)(=O)NCc2cccnn2)cc(Cl)c1Br. The highest BCUT2D eigenvalue weighted by Gasteiger charge is 2.24. The Balaban J connectivity index is 2.32. The predicted molar refractivity (Wildman–Crippen MR) is 79.6 cm³/mol. The zero-order valence-corrected chi connectivity index (χ0v) is 13.5. The molecule has 0 saturated carbocycles. The lowest BCUT2D eigenvalue weighted by molar-refractivity contribution is 0.557. The summed E-state index contributed by atoms with van der Waals surface area (Å²) in [6.07, 6.45) is 1.45. The molecular formula is C11H9BrClFN4O2S. The van der Waals surface area contributed by atoms with Crippen molar-refractivity contribution in [3.8, 4) is 0 Å². The minimum absolute atomic E-state index is 0.00576. The number of nitrogens with one attached hydrogen (secondary N) is 1. The zero-order valence-electron chi connectivity index (χ0n) is 10.3. The second-order valence-corrected chi connectivity index (χ2v) is 6.87. The van der Waals surface area contributed by atoms with Crippen molar-refractivity contribution in [2.75, 3.05) is 5.73 Å². The van der Waals surface area contributed by atoms with Gasteiger partial charge in [-0.15, -0.1) is 0 Å². The van der Waals surface area contributed by atoms with Gasteiger partial charge in [0.25, 0.3) is 0 Å². The number of anilines is 1. The molecule has 1 aromatic heterocycles. The largest absolute Gasteiger partial charge is 0.395 e. The summed E-state index contributed by atoms with van der Waals surface area (Å²) in [6, 6.07) is 4.16. The van der Waals surface area contributed by atoms with Crippen molar-refractivity contribution in [3.05, 3.63) is 45.4 Å². The molecule has 0 aliphatic carbocycles. The molecule has 0 saturated heterocycles. The second kappa shape index (κ2) is 6.22. The molecule has 6 nitrogen and oxygen atoms in total. The lowest BCUT2D eigenvalue weighted by atomic mass is 10.3. The van der Waals surface area contributed by atoms with Gasteiger partial charge in [0, 0.05) is 6.20 Å². The molecule has 0 bridgehead atoms. The first-order valence-corrected chi connectivity index (χ1v) is 8.17. The number of halogens is 3. The van der Waals surface area contributed by atoms with Crippen molar-refractivity contribution in [3.63, 3.8) is 0 Å². The molecule has 112 valence electrons. The van der Waals surface area contributed by atoms with E-state index < -0.39 is 20.7 Å². The zero-order chi connectivity index (χ0) is 15.6. The summed E-state index contributed by atoms with van der Waals surface area (Å²) in [7, 11) is -4.13. The molecule has 21 heavy (non-hydrogen) atoms. The Kier molecular flexibility index (Phi) is 4.77. The van der Waals surface area contributed by atoms with E-state index in [1.165, 1.54) is 6.20 Å². The van der Waals surface area contributed by atoms with Gasteiger partial charge in [0.05, 0.1) is 27.4 Å². The van der Waals surface area contributed by atoms with Crippen molar-refractivity contribution in [1.29, 1.82) is 0 Å².